The Bertz CT molecular complexity index is 1080. The van der Waals surface area contributed by atoms with E-state index in [0.717, 1.165) is 47.5 Å². The normalized spacial score (nSPS) is 18.2. The number of pyridine rings is 1. The third-order valence-electron chi connectivity index (χ3n) is 6.04. The van der Waals surface area contributed by atoms with Crippen molar-refractivity contribution in [3.05, 3.63) is 54.6 Å². The molecule has 1 saturated heterocycles. The Morgan fingerprint density at radius 3 is 2.73 bits per heavy atom. The molecule has 1 fully saturated rings. The number of anilines is 2. The van der Waals surface area contributed by atoms with E-state index < -0.39 is 0 Å². The van der Waals surface area contributed by atoms with Crippen LogP contribution in [-0.2, 0) is 6.54 Å². The van der Waals surface area contributed by atoms with Crippen LogP contribution in [-0.4, -0.2) is 45.2 Å². The second kappa shape index (κ2) is 7.44. The minimum atomic E-state index is 0.633. The van der Waals surface area contributed by atoms with Gasteiger partial charge in [0.2, 0.25) is 0 Å². The van der Waals surface area contributed by atoms with E-state index in [0.29, 0.717) is 18.1 Å². The Balaban J connectivity index is 1.34. The molecule has 0 radical (unpaired) electrons. The molecule has 1 unspecified atom stereocenters. The van der Waals surface area contributed by atoms with Gasteiger partial charge in [0.05, 0.1) is 37.4 Å². The summed E-state index contributed by atoms with van der Waals surface area (Å²) < 4.78 is 7.07. The highest BCUT2D eigenvalue weighted by Crippen LogP contribution is 2.36. The zero-order valence-electron chi connectivity index (χ0n) is 17.3. The van der Waals surface area contributed by atoms with Crippen molar-refractivity contribution in [1.82, 2.24) is 25.0 Å². The first-order valence-electron chi connectivity index (χ1n) is 10.3. The standard InChI is InChI=1S/C22H25N7O/c1-4-16-7-8-27(12-16)21-5-6-22(25-24-21)29-13-19-15(2)28(14-20(19)26-29)17-9-18(30-3)11-23-10-17/h5-6,9-11,13,16H,2,4,7-8,12,14H2,1,3H3. The summed E-state index contributed by atoms with van der Waals surface area (Å²) in [5.74, 6) is 3.13. The van der Waals surface area contributed by atoms with Gasteiger partial charge in [-0.3, -0.25) is 4.98 Å². The van der Waals surface area contributed by atoms with Gasteiger partial charge in [0.1, 0.15) is 5.75 Å². The fourth-order valence-electron chi connectivity index (χ4n) is 4.17. The van der Waals surface area contributed by atoms with Crippen molar-refractivity contribution in [3.8, 4) is 11.6 Å². The topological polar surface area (TPSA) is 72.2 Å². The Labute approximate surface area is 175 Å². The van der Waals surface area contributed by atoms with Crippen LogP contribution < -0.4 is 14.5 Å². The van der Waals surface area contributed by atoms with Crippen LogP contribution in [0.15, 0.2) is 43.4 Å². The Morgan fingerprint density at radius 1 is 1.20 bits per heavy atom. The van der Waals surface area contributed by atoms with Crippen LogP contribution in [0, 0.1) is 5.92 Å². The molecule has 2 aliphatic rings. The SMILES string of the molecule is C=C1c2cn(-c3ccc(N4CCC(CC)C4)nn3)nc2CN1c1cncc(OC)c1. The van der Waals surface area contributed by atoms with Gasteiger partial charge in [-0.2, -0.15) is 5.10 Å². The highest BCUT2D eigenvalue weighted by Gasteiger charge is 2.28. The van der Waals surface area contributed by atoms with E-state index in [1.165, 1.54) is 12.8 Å². The van der Waals surface area contributed by atoms with Crippen LogP contribution in [0.5, 0.6) is 5.75 Å². The van der Waals surface area contributed by atoms with Gasteiger partial charge < -0.3 is 14.5 Å². The predicted octanol–water partition coefficient (Wildman–Crippen LogP) is 3.29. The molecule has 8 heteroatoms. The number of nitrogens with zero attached hydrogens (tertiary/aromatic N) is 7. The van der Waals surface area contributed by atoms with Crippen LogP contribution in [0.3, 0.4) is 0 Å². The number of hydrogen-bond acceptors (Lipinski definition) is 7. The highest BCUT2D eigenvalue weighted by molar-refractivity contribution is 5.82. The number of ether oxygens (including phenoxy) is 1. The van der Waals surface area contributed by atoms with Crippen molar-refractivity contribution in [3.63, 3.8) is 0 Å². The van der Waals surface area contributed by atoms with E-state index in [-0.39, 0.29) is 0 Å². The molecule has 3 aromatic rings. The molecule has 154 valence electrons. The summed E-state index contributed by atoms with van der Waals surface area (Å²) in [6.07, 6.45) is 7.91. The van der Waals surface area contributed by atoms with Crippen molar-refractivity contribution in [2.45, 2.75) is 26.3 Å². The van der Waals surface area contributed by atoms with Crippen LogP contribution >= 0.6 is 0 Å². The molecule has 8 nitrogen and oxygen atoms in total. The fourth-order valence-corrected chi connectivity index (χ4v) is 4.17. The minimum absolute atomic E-state index is 0.633. The van der Waals surface area contributed by atoms with Crippen LogP contribution in [0.1, 0.15) is 31.0 Å². The van der Waals surface area contributed by atoms with Gasteiger partial charge in [0.15, 0.2) is 11.6 Å². The number of aromatic nitrogens is 5. The molecule has 1 atom stereocenters. The summed E-state index contributed by atoms with van der Waals surface area (Å²) in [7, 11) is 1.64. The predicted molar refractivity (Wildman–Crippen MR) is 116 cm³/mol. The van der Waals surface area contributed by atoms with E-state index >= 15 is 0 Å². The van der Waals surface area contributed by atoms with E-state index in [1.807, 2.05) is 24.4 Å². The lowest BCUT2D eigenvalue weighted by Gasteiger charge is -2.19. The molecular weight excluding hydrogens is 378 g/mol. The van der Waals surface area contributed by atoms with Gasteiger partial charge in [-0.15, -0.1) is 10.2 Å². The maximum Gasteiger partial charge on any atom is 0.175 e. The molecule has 5 heterocycles. The zero-order valence-corrected chi connectivity index (χ0v) is 17.3. The molecule has 0 saturated carbocycles. The smallest absolute Gasteiger partial charge is 0.175 e. The van der Waals surface area contributed by atoms with Crippen LogP contribution in [0.4, 0.5) is 11.5 Å². The highest BCUT2D eigenvalue weighted by atomic mass is 16.5. The van der Waals surface area contributed by atoms with E-state index in [4.69, 9.17) is 9.84 Å². The summed E-state index contributed by atoms with van der Waals surface area (Å²) in [5, 5.41) is 13.6. The molecule has 5 rings (SSSR count). The second-order valence-corrected chi connectivity index (χ2v) is 7.81. The summed E-state index contributed by atoms with van der Waals surface area (Å²) in [4.78, 5) is 8.64. The molecule has 30 heavy (non-hydrogen) atoms. The molecule has 0 spiro atoms. The number of fused-ring (bicyclic) bond motifs is 1. The first-order valence-corrected chi connectivity index (χ1v) is 10.3. The van der Waals surface area contributed by atoms with Crippen molar-refractivity contribution in [2.75, 3.05) is 30.0 Å². The molecule has 0 N–H and O–H groups in total. The van der Waals surface area contributed by atoms with E-state index in [9.17, 15) is 0 Å². The zero-order chi connectivity index (χ0) is 20.7. The molecule has 3 aromatic heterocycles. The Morgan fingerprint density at radius 2 is 2.03 bits per heavy atom. The fraction of sp³-hybridized carbons (Fsp3) is 0.364. The second-order valence-electron chi connectivity index (χ2n) is 7.81. The van der Waals surface area contributed by atoms with Crippen molar-refractivity contribution in [2.24, 2.45) is 5.92 Å². The van der Waals surface area contributed by atoms with Crippen molar-refractivity contribution >= 4 is 17.2 Å². The summed E-state index contributed by atoms with van der Waals surface area (Å²) in [5.41, 5.74) is 3.79. The van der Waals surface area contributed by atoms with Crippen molar-refractivity contribution < 1.29 is 4.74 Å². The lowest BCUT2D eigenvalue weighted by Crippen LogP contribution is -2.21. The van der Waals surface area contributed by atoms with Crippen LogP contribution in [0.25, 0.3) is 11.5 Å². The monoisotopic (exact) mass is 403 g/mol. The van der Waals surface area contributed by atoms with E-state index in [2.05, 4.69) is 38.5 Å². The quantitative estimate of drug-likeness (QED) is 0.647. The minimum Gasteiger partial charge on any atom is -0.495 e. The summed E-state index contributed by atoms with van der Waals surface area (Å²) in [6.45, 7) is 9.26. The molecule has 0 aromatic carbocycles. The maximum atomic E-state index is 5.29. The molecule has 0 amide bonds. The lowest BCUT2D eigenvalue weighted by atomic mass is 10.1. The third-order valence-corrected chi connectivity index (χ3v) is 6.04. The number of rotatable bonds is 5. The average Bonchev–Trinajstić information content (AvgIpc) is 3.50. The molecule has 2 aliphatic heterocycles. The van der Waals surface area contributed by atoms with Crippen LogP contribution in [0.2, 0.25) is 0 Å². The largest absolute Gasteiger partial charge is 0.495 e. The Hall–Kier alpha value is -3.42. The number of hydrogen-bond donors (Lipinski definition) is 0. The summed E-state index contributed by atoms with van der Waals surface area (Å²) >= 11 is 0. The average molecular weight is 403 g/mol. The molecule has 0 bridgehead atoms. The van der Waals surface area contributed by atoms with E-state index in [1.54, 1.807) is 24.2 Å². The first-order chi connectivity index (χ1) is 14.7. The van der Waals surface area contributed by atoms with Crippen molar-refractivity contribution in [1.29, 1.82) is 0 Å². The summed E-state index contributed by atoms with van der Waals surface area (Å²) in [6, 6.07) is 5.97. The molecule has 0 aliphatic carbocycles. The third kappa shape index (κ3) is 3.18. The van der Waals surface area contributed by atoms with Gasteiger partial charge in [0.25, 0.3) is 0 Å². The first kappa shape index (κ1) is 18.6. The molecular formula is C22H25N7O. The lowest BCUT2D eigenvalue weighted by molar-refractivity contribution is 0.413. The van der Waals surface area contributed by atoms with Gasteiger partial charge in [-0.05, 0) is 24.5 Å². The maximum absolute atomic E-state index is 5.29. The van der Waals surface area contributed by atoms with Gasteiger partial charge >= 0.3 is 0 Å². The Kier molecular flexibility index (Phi) is 4.61. The van der Waals surface area contributed by atoms with Gasteiger partial charge in [0, 0.05) is 36.6 Å². The van der Waals surface area contributed by atoms with Gasteiger partial charge in [-0.1, -0.05) is 19.9 Å². The van der Waals surface area contributed by atoms with Gasteiger partial charge in [-0.25, -0.2) is 4.68 Å². The number of methoxy groups -OCH3 is 1.